The van der Waals surface area contributed by atoms with Crippen molar-refractivity contribution in [1.82, 2.24) is 5.32 Å². The second-order valence-electron chi connectivity index (χ2n) is 5.11. The van der Waals surface area contributed by atoms with Gasteiger partial charge in [-0.1, -0.05) is 18.5 Å². The van der Waals surface area contributed by atoms with E-state index in [9.17, 15) is 4.79 Å². The molecule has 0 radical (unpaired) electrons. The summed E-state index contributed by atoms with van der Waals surface area (Å²) in [5.74, 6) is 0.656. The van der Waals surface area contributed by atoms with Crippen molar-refractivity contribution in [1.29, 1.82) is 0 Å². The van der Waals surface area contributed by atoms with Crippen LogP contribution in [0.3, 0.4) is 0 Å². The molecule has 0 atom stereocenters. The summed E-state index contributed by atoms with van der Waals surface area (Å²) in [6, 6.07) is 5.26. The zero-order valence-electron chi connectivity index (χ0n) is 11.3. The minimum atomic E-state index is -0.308. The van der Waals surface area contributed by atoms with Crippen molar-refractivity contribution >= 4 is 23.2 Å². The number of carbonyl (C=O) groups is 1. The number of hydrogen-bond donors (Lipinski definition) is 2. The smallest absolute Gasteiger partial charge is 0.230 e. The van der Waals surface area contributed by atoms with E-state index in [4.69, 9.17) is 16.3 Å². The summed E-state index contributed by atoms with van der Waals surface area (Å²) in [5.41, 5.74) is 0.396. The summed E-state index contributed by atoms with van der Waals surface area (Å²) >= 11 is 6.05. The number of anilines is 1. The van der Waals surface area contributed by atoms with E-state index in [2.05, 4.69) is 10.6 Å². The average molecular weight is 283 g/mol. The van der Waals surface area contributed by atoms with Gasteiger partial charge in [0.25, 0.3) is 0 Å². The molecule has 1 saturated heterocycles. The number of ether oxygens (including phenoxy) is 1. The molecule has 1 amide bonds. The Morgan fingerprint density at radius 1 is 1.42 bits per heavy atom. The first-order chi connectivity index (χ1) is 9.05. The normalized spacial score (nSPS) is 17.8. The number of hydrogen-bond acceptors (Lipinski definition) is 3. The molecule has 2 N–H and O–H groups in total. The van der Waals surface area contributed by atoms with Crippen LogP contribution in [-0.2, 0) is 4.79 Å². The summed E-state index contributed by atoms with van der Waals surface area (Å²) in [6.07, 6.45) is 1.70. The zero-order valence-corrected chi connectivity index (χ0v) is 12.0. The fourth-order valence-corrected chi connectivity index (χ4v) is 2.49. The Morgan fingerprint density at radius 2 is 2.11 bits per heavy atom. The van der Waals surface area contributed by atoms with E-state index >= 15 is 0 Å². The third kappa shape index (κ3) is 3.19. The van der Waals surface area contributed by atoms with Gasteiger partial charge in [0.15, 0.2) is 0 Å². The predicted octanol–water partition coefficient (Wildman–Crippen LogP) is 2.68. The molecule has 0 spiro atoms. The van der Waals surface area contributed by atoms with E-state index in [0.29, 0.717) is 16.5 Å². The first-order valence-electron chi connectivity index (χ1n) is 6.41. The van der Waals surface area contributed by atoms with Crippen molar-refractivity contribution in [2.45, 2.75) is 19.8 Å². The standard InChI is InChI=1S/C14H19ClN2O2/c1-14(5-7-16-8-6-14)13(18)17-10-3-4-12(19-2)11(15)9-10/h3-4,9,16H,5-8H2,1-2H3,(H,17,18). The second kappa shape index (κ2) is 5.80. The first kappa shape index (κ1) is 14.2. The summed E-state index contributed by atoms with van der Waals surface area (Å²) in [4.78, 5) is 12.3. The Kier molecular flexibility index (Phi) is 4.32. The lowest BCUT2D eigenvalue weighted by atomic mass is 9.80. The molecule has 2 rings (SSSR count). The maximum Gasteiger partial charge on any atom is 0.230 e. The van der Waals surface area contributed by atoms with Crippen LogP contribution in [-0.4, -0.2) is 26.1 Å². The van der Waals surface area contributed by atoms with Gasteiger partial charge in [-0.2, -0.15) is 0 Å². The molecular formula is C14H19ClN2O2. The monoisotopic (exact) mass is 282 g/mol. The van der Waals surface area contributed by atoms with Crippen LogP contribution in [0.25, 0.3) is 0 Å². The van der Waals surface area contributed by atoms with Crippen molar-refractivity contribution in [3.63, 3.8) is 0 Å². The van der Waals surface area contributed by atoms with Gasteiger partial charge in [0.05, 0.1) is 12.1 Å². The quantitative estimate of drug-likeness (QED) is 0.896. The molecule has 1 aliphatic rings. The molecule has 1 aromatic carbocycles. The number of methoxy groups -OCH3 is 1. The van der Waals surface area contributed by atoms with Crippen LogP contribution in [0.4, 0.5) is 5.69 Å². The van der Waals surface area contributed by atoms with Crippen LogP contribution in [0.1, 0.15) is 19.8 Å². The first-order valence-corrected chi connectivity index (χ1v) is 6.79. The van der Waals surface area contributed by atoms with Crippen LogP contribution in [0.5, 0.6) is 5.75 Å². The van der Waals surface area contributed by atoms with Gasteiger partial charge in [-0.25, -0.2) is 0 Å². The van der Waals surface area contributed by atoms with E-state index in [1.54, 1.807) is 25.3 Å². The SMILES string of the molecule is COc1ccc(NC(=O)C2(C)CCNCC2)cc1Cl. The third-order valence-electron chi connectivity index (χ3n) is 3.66. The molecule has 5 heteroatoms. The van der Waals surface area contributed by atoms with Gasteiger partial charge in [-0.15, -0.1) is 0 Å². The van der Waals surface area contributed by atoms with E-state index in [1.165, 1.54) is 0 Å². The lowest BCUT2D eigenvalue weighted by Gasteiger charge is -2.32. The second-order valence-corrected chi connectivity index (χ2v) is 5.52. The summed E-state index contributed by atoms with van der Waals surface area (Å²) < 4.78 is 5.09. The number of halogens is 1. The van der Waals surface area contributed by atoms with E-state index in [-0.39, 0.29) is 11.3 Å². The Labute approximate surface area is 118 Å². The Balaban J connectivity index is 2.08. The van der Waals surface area contributed by atoms with Gasteiger partial charge in [0.1, 0.15) is 5.75 Å². The Hall–Kier alpha value is -1.26. The summed E-state index contributed by atoms with van der Waals surface area (Å²) in [7, 11) is 1.57. The largest absolute Gasteiger partial charge is 0.495 e. The molecule has 0 bridgehead atoms. The molecule has 0 saturated carbocycles. The summed E-state index contributed by atoms with van der Waals surface area (Å²) in [6.45, 7) is 3.77. The van der Waals surface area contributed by atoms with E-state index in [1.807, 2.05) is 6.92 Å². The number of carbonyl (C=O) groups excluding carboxylic acids is 1. The van der Waals surface area contributed by atoms with Crippen LogP contribution < -0.4 is 15.4 Å². The molecule has 0 unspecified atom stereocenters. The topological polar surface area (TPSA) is 50.4 Å². The minimum absolute atomic E-state index is 0.0511. The van der Waals surface area contributed by atoms with Gasteiger partial charge >= 0.3 is 0 Å². The third-order valence-corrected chi connectivity index (χ3v) is 3.96. The molecule has 0 aromatic heterocycles. The van der Waals surface area contributed by atoms with Crippen LogP contribution in [0.2, 0.25) is 5.02 Å². The van der Waals surface area contributed by atoms with Crippen LogP contribution in [0, 0.1) is 5.41 Å². The fraction of sp³-hybridized carbons (Fsp3) is 0.500. The molecular weight excluding hydrogens is 264 g/mol. The molecule has 4 nitrogen and oxygen atoms in total. The predicted molar refractivity (Wildman–Crippen MR) is 76.8 cm³/mol. The Bertz CT molecular complexity index is 471. The molecule has 104 valence electrons. The maximum absolute atomic E-state index is 12.3. The molecule has 1 heterocycles. The highest BCUT2D eigenvalue weighted by Crippen LogP contribution is 2.31. The van der Waals surface area contributed by atoms with Gasteiger partial charge < -0.3 is 15.4 Å². The summed E-state index contributed by atoms with van der Waals surface area (Å²) in [5, 5.41) is 6.70. The average Bonchev–Trinajstić information content (AvgIpc) is 2.40. The van der Waals surface area contributed by atoms with Crippen molar-refractivity contribution in [2.24, 2.45) is 5.41 Å². The number of piperidine rings is 1. The van der Waals surface area contributed by atoms with Gasteiger partial charge in [0.2, 0.25) is 5.91 Å². The van der Waals surface area contributed by atoms with E-state index < -0.39 is 0 Å². The number of amides is 1. The maximum atomic E-state index is 12.3. The highest BCUT2D eigenvalue weighted by molar-refractivity contribution is 6.32. The lowest BCUT2D eigenvalue weighted by molar-refractivity contribution is -0.126. The highest BCUT2D eigenvalue weighted by atomic mass is 35.5. The molecule has 1 aromatic rings. The van der Waals surface area contributed by atoms with Crippen LogP contribution in [0.15, 0.2) is 18.2 Å². The lowest BCUT2D eigenvalue weighted by Crippen LogP contribution is -2.42. The van der Waals surface area contributed by atoms with Crippen molar-refractivity contribution < 1.29 is 9.53 Å². The number of rotatable bonds is 3. The van der Waals surface area contributed by atoms with Crippen molar-refractivity contribution in [3.05, 3.63) is 23.2 Å². The molecule has 1 aliphatic heterocycles. The highest BCUT2D eigenvalue weighted by Gasteiger charge is 2.34. The molecule has 0 aliphatic carbocycles. The Morgan fingerprint density at radius 3 is 2.68 bits per heavy atom. The van der Waals surface area contributed by atoms with Crippen LogP contribution >= 0.6 is 11.6 Å². The van der Waals surface area contributed by atoms with Crippen molar-refractivity contribution in [2.75, 3.05) is 25.5 Å². The zero-order chi connectivity index (χ0) is 13.9. The molecule has 1 fully saturated rings. The number of nitrogens with one attached hydrogen (secondary N) is 2. The molecule has 19 heavy (non-hydrogen) atoms. The number of benzene rings is 1. The minimum Gasteiger partial charge on any atom is -0.495 e. The van der Waals surface area contributed by atoms with E-state index in [0.717, 1.165) is 25.9 Å². The van der Waals surface area contributed by atoms with Gasteiger partial charge in [-0.3, -0.25) is 4.79 Å². The van der Waals surface area contributed by atoms with Gasteiger partial charge in [-0.05, 0) is 44.1 Å². The van der Waals surface area contributed by atoms with Crippen molar-refractivity contribution in [3.8, 4) is 5.75 Å². The van der Waals surface area contributed by atoms with Gasteiger partial charge in [0, 0.05) is 11.1 Å². The fourth-order valence-electron chi connectivity index (χ4n) is 2.23.